The summed E-state index contributed by atoms with van der Waals surface area (Å²) in [6, 6.07) is 26.4. The Hall–Kier alpha value is -4.89. The van der Waals surface area contributed by atoms with Crippen molar-refractivity contribution in [2.75, 3.05) is 0 Å². The van der Waals surface area contributed by atoms with Crippen molar-refractivity contribution in [2.24, 2.45) is 5.92 Å². The lowest BCUT2D eigenvalue weighted by Crippen LogP contribution is -2.34. The number of allylic oxidation sites excluding steroid dienone is 12. The molecule has 1 aromatic heterocycles. The van der Waals surface area contributed by atoms with Gasteiger partial charge in [-0.2, -0.15) is 0 Å². The fraction of sp³-hybridized carbons (Fsp3) is 0.175. The van der Waals surface area contributed by atoms with Crippen molar-refractivity contribution in [1.29, 1.82) is 0 Å². The number of hydrogen-bond donors (Lipinski definition) is 0. The van der Waals surface area contributed by atoms with Crippen LogP contribution >= 0.6 is 0 Å². The second-order valence-corrected chi connectivity index (χ2v) is 12.2. The highest BCUT2D eigenvalue weighted by Gasteiger charge is 2.57. The second-order valence-electron chi connectivity index (χ2n) is 12.2. The van der Waals surface area contributed by atoms with Gasteiger partial charge in [0.1, 0.15) is 5.82 Å². The van der Waals surface area contributed by atoms with Crippen LogP contribution in [-0.2, 0) is 5.41 Å². The number of fused-ring (bicyclic) bond motifs is 9. The normalized spacial score (nSPS) is 25.6. The molecule has 5 aliphatic rings. The fourth-order valence-corrected chi connectivity index (χ4v) is 8.20. The van der Waals surface area contributed by atoms with E-state index in [0.29, 0.717) is 11.8 Å². The minimum absolute atomic E-state index is 0.135. The van der Waals surface area contributed by atoms with Gasteiger partial charge in [0.2, 0.25) is 0 Å². The van der Waals surface area contributed by atoms with E-state index in [2.05, 4.69) is 115 Å². The van der Waals surface area contributed by atoms with E-state index in [1.807, 2.05) is 18.2 Å². The maximum absolute atomic E-state index is 5.15. The van der Waals surface area contributed by atoms with Crippen LogP contribution in [0.3, 0.4) is 0 Å². The van der Waals surface area contributed by atoms with Gasteiger partial charge in [-0.05, 0) is 58.7 Å². The Balaban J connectivity index is 1.27. The first-order chi connectivity index (χ1) is 21.3. The van der Waals surface area contributed by atoms with Crippen LogP contribution in [-0.4, -0.2) is 15.0 Å². The average molecular weight is 554 g/mol. The molecule has 0 radical (unpaired) electrons. The first-order valence-corrected chi connectivity index (χ1v) is 15.5. The first-order valence-electron chi connectivity index (χ1n) is 15.5. The molecule has 3 aromatic carbocycles. The predicted octanol–water partition coefficient (Wildman–Crippen LogP) is 9.05. The van der Waals surface area contributed by atoms with Gasteiger partial charge in [-0.25, -0.2) is 15.0 Å². The third-order valence-corrected chi connectivity index (χ3v) is 10.00. The number of hydrogen-bond acceptors (Lipinski definition) is 3. The van der Waals surface area contributed by atoms with Crippen molar-refractivity contribution in [3.05, 3.63) is 167 Å². The number of aromatic nitrogens is 3. The topological polar surface area (TPSA) is 38.7 Å². The van der Waals surface area contributed by atoms with E-state index in [1.165, 1.54) is 33.4 Å². The quantitative estimate of drug-likeness (QED) is 0.254. The van der Waals surface area contributed by atoms with Gasteiger partial charge in [0.05, 0.1) is 5.41 Å². The SMILES string of the molecule is C1=CCC(c2nc(-c3ccccc3)nc(-c3ccc4c(c3)C3(C5=C4CCC=C5)c4ccccc4C4C=CC=CC43)n2)C=C1. The van der Waals surface area contributed by atoms with Crippen LogP contribution in [0.2, 0.25) is 0 Å². The van der Waals surface area contributed by atoms with Gasteiger partial charge in [0.15, 0.2) is 11.6 Å². The van der Waals surface area contributed by atoms with Crippen LogP contribution in [0.4, 0.5) is 0 Å². The lowest BCUT2D eigenvalue weighted by atomic mass is 9.64. The maximum Gasteiger partial charge on any atom is 0.163 e. The summed E-state index contributed by atoms with van der Waals surface area (Å²) < 4.78 is 0. The largest absolute Gasteiger partial charge is 0.212 e. The third kappa shape index (κ3) is 3.58. The first kappa shape index (κ1) is 24.7. The summed E-state index contributed by atoms with van der Waals surface area (Å²) in [5, 5.41) is 0. The summed E-state index contributed by atoms with van der Waals surface area (Å²) in [7, 11) is 0. The van der Waals surface area contributed by atoms with E-state index in [0.717, 1.165) is 47.9 Å². The molecule has 0 amide bonds. The Kier molecular flexibility index (Phi) is 5.49. The molecule has 4 aromatic rings. The zero-order valence-corrected chi connectivity index (χ0v) is 23.9. The Labute approximate surface area is 252 Å². The van der Waals surface area contributed by atoms with Crippen LogP contribution < -0.4 is 0 Å². The predicted molar refractivity (Wildman–Crippen MR) is 173 cm³/mol. The molecule has 5 aliphatic carbocycles. The molecular weight excluding hydrogens is 522 g/mol. The molecule has 4 atom stereocenters. The maximum atomic E-state index is 5.15. The Morgan fingerprint density at radius 1 is 0.674 bits per heavy atom. The molecule has 1 spiro atoms. The monoisotopic (exact) mass is 553 g/mol. The molecule has 4 unspecified atom stereocenters. The molecule has 0 bridgehead atoms. The van der Waals surface area contributed by atoms with Crippen LogP contribution in [0.5, 0.6) is 0 Å². The highest BCUT2D eigenvalue weighted by atomic mass is 15.0. The fourth-order valence-electron chi connectivity index (χ4n) is 8.20. The van der Waals surface area contributed by atoms with Crippen molar-refractivity contribution in [3.63, 3.8) is 0 Å². The average Bonchev–Trinajstić information content (AvgIpc) is 3.56. The molecule has 206 valence electrons. The Bertz CT molecular complexity index is 1970. The highest BCUT2D eigenvalue weighted by molar-refractivity contribution is 5.89. The van der Waals surface area contributed by atoms with Crippen molar-refractivity contribution in [3.8, 4) is 22.8 Å². The van der Waals surface area contributed by atoms with E-state index in [4.69, 9.17) is 15.0 Å². The Morgan fingerprint density at radius 3 is 2.37 bits per heavy atom. The lowest BCUT2D eigenvalue weighted by Gasteiger charge is -2.37. The molecule has 43 heavy (non-hydrogen) atoms. The smallest absolute Gasteiger partial charge is 0.163 e. The van der Waals surface area contributed by atoms with Gasteiger partial charge in [-0.15, -0.1) is 0 Å². The summed E-state index contributed by atoms with van der Waals surface area (Å²) in [6.45, 7) is 0. The van der Waals surface area contributed by atoms with E-state index in [-0.39, 0.29) is 11.3 Å². The Morgan fingerprint density at radius 2 is 1.49 bits per heavy atom. The molecule has 0 aliphatic heterocycles. The van der Waals surface area contributed by atoms with Gasteiger partial charge < -0.3 is 0 Å². The van der Waals surface area contributed by atoms with Gasteiger partial charge >= 0.3 is 0 Å². The number of nitrogens with zero attached hydrogens (tertiary/aromatic N) is 3. The van der Waals surface area contributed by atoms with Crippen LogP contribution in [0.25, 0.3) is 28.3 Å². The standard InChI is InChI=1S/C40H31N3/c1-3-13-26(14-4-1)37-41-38(27-15-5-2-6-16-27)43-39(42-37)28-23-24-32-31-19-9-12-22-35(31)40(36(32)25-28)33-20-10-7-17-29(33)30-18-8-11-21-34(30)40/h1-8,10-15,17-18,20-25,27,29,33H,9,16,19H2. The van der Waals surface area contributed by atoms with Crippen LogP contribution in [0.15, 0.2) is 139 Å². The van der Waals surface area contributed by atoms with E-state index in [1.54, 1.807) is 0 Å². The minimum Gasteiger partial charge on any atom is -0.212 e. The molecule has 0 fully saturated rings. The summed E-state index contributed by atoms with van der Waals surface area (Å²) in [5.41, 5.74) is 10.5. The zero-order valence-electron chi connectivity index (χ0n) is 23.9. The van der Waals surface area contributed by atoms with Gasteiger partial charge in [0.25, 0.3) is 0 Å². The van der Waals surface area contributed by atoms with Gasteiger partial charge in [-0.1, -0.05) is 127 Å². The summed E-state index contributed by atoms with van der Waals surface area (Å²) in [4.78, 5) is 15.3. The van der Waals surface area contributed by atoms with E-state index in [9.17, 15) is 0 Å². The van der Waals surface area contributed by atoms with Gasteiger partial charge in [0, 0.05) is 28.9 Å². The summed E-state index contributed by atoms with van der Waals surface area (Å²) >= 11 is 0. The number of benzene rings is 3. The van der Waals surface area contributed by atoms with Crippen LogP contribution in [0.1, 0.15) is 59.2 Å². The van der Waals surface area contributed by atoms with Crippen molar-refractivity contribution < 1.29 is 0 Å². The van der Waals surface area contributed by atoms with Crippen molar-refractivity contribution >= 4 is 5.57 Å². The lowest BCUT2D eigenvalue weighted by molar-refractivity contribution is 0.462. The van der Waals surface area contributed by atoms with Crippen LogP contribution in [0, 0.1) is 5.92 Å². The summed E-state index contributed by atoms with van der Waals surface area (Å²) in [5.74, 6) is 3.12. The minimum atomic E-state index is -0.227. The summed E-state index contributed by atoms with van der Waals surface area (Å²) in [6.07, 6.45) is 25.8. The molecule has 0 saturated heterocycles. The van der Waals surface area contributed by atoms with Gasteiger partial charge in [-0.3, -0.25) is 0 Å². The number of rotatable bonds is 3. The van der Waals surface area contributed by atoms with Crippen molar-refractivity contribution in [1.82, 2.24) is 15.0 Å². The van der Waals surface area contributed by atoms with Crippen molar-refractivity contribution in [2.45, 2.75) is 36.5 Å². The zero-order chi connectivity index (χ0) is 28.4. The molecular formula is C40H31N3. The van der Waals surface area contributed by atoms with E-state index >= 15 is 0 Å². The van der Waals surface area contributed by atoms with E-state index < -0.39 is 0 Å². The molecule has 3 heteroatoms. The third-order valence-electron chi connectivity index (χ3n) is 10.00. The second kappa shape index (κ2) is 9.57. The molecule has 0 saturated carbocycles. The molecule has 3 nitrogen and oxygen atoms in total. The molecule has 1 heterocycles. The molecule has 0 N–H and O–H groups in total. The highest BCUT2D eigenvalue weighted by Crippen LogP contribution is 2.65. The molecule has 9 rings (SSSR count).